The molecule has 4 fully saturated rings. The van der Waals surface area contributed by atoms with Crippen molar-refractivity contribution < 1.29 is 14.3 Å². The summed E-state index contributed by atoms with van der Waals surface area (Å²) in [5, 5.41) is 8.76. The van der Waals surface area contributed by atoms with Crippen molar-refractivity contribution >= 4 is 11.8 Å². The molecule has 0 heterocycles. The Labute approximate surface area is 152 Å². The van der Waals surface area contributed by atoms with E-state index in [1.807, 2.05) is 6.07 Å². The average Bonchev–Trinajstić information content (AvgIpc) is 2.64. The van der Waals surface area contributed by atoms with E-state index in [0.29, 0.717) is 23.1 Å². The monoisotopic (exact) mass is 353 g/mol. The fourth-order valence-electron chi connectivity index (χ4n) is 5.38. The van der Waals surface area contributed by atoms with Crippen LogP contribution in [0.5, 0.6) is 5.75 Å². The molecule has 1 aromatic rings. The largest absolute Gasteiger partial charge is 0.484 e. The number of nitrogens with one attached hydrogen (secondary N) is 2. The second-order valence-corrected chi connectivity index (χ2v) is 7.92. The maximum absolute atomic E-state index is 12.6. The minimum absolute atomic E-state index is 0.0440. The van der Waals surface area contributed by atoms with Gasteiger partial charge in [0.15, 0.2) is 6.61 Å². The van der Waals surface area contributed by atoms with Crippen LogP contribution in [0.3, 0.4) is 0 Å². The highest BCUT2D eigenvalue weighted by Crippen LogP contribution is 2.56. The number of ether oxygens (including phenoxy) is 1. The van der Waals surface area contributed by atoms with Gasteiger partial charge in [-0.15, -0.1) is 0 Å². The maximum Gasteiger partial charge on any atom is 0.276 e. The van der Waals surface area contributed by atoms with Gasteiger partial charge in [-0.1, -0.05) is 0 Å². The van der Waals surface area contributed by atoms with Gasteiger partial charge in [0.25, 0.3) is 5.91 Å². The lowest BCUT2D eigenvalue weighted by molar-refractivity contribution is -0.141. The first-order valence-corrected chi connectivity index (χ1v) is 9.34. The molecular weight excluding hydrogens is 330 g/mol. The Morgan fingerprint density at radius 2 is 1.62 bits per heavy atom. The summed E-state index contributed by atoms with van der Waals surface area (Å²) in [5.74, 6) is 2.70. The standard InChI is InChI=1S/C20H23N3O3/c21-10-12-1-3-17(4-2-12)26-11-18(24)22-23-20(25)19-15-6-13-5-14(8-15)9-16(19)7-13/h1-4,13-16,19H,5-9,11H2,(H,22,24)(H,23,25). The van der Waals surface area contributed by atoms with Crippen molar-refractivity contribution in [3.05, 3.63) is 29.8 Å². The number of nitrogens with zero attached hydrogens (tertiary/aromatic N) is 1. The third-order valence-electron chi connectivity index (χ3n) is 6.21. The molecular formula is C20H23N3O3. The molecule has 4 aliphatic carbocycles. The molecule has 4 aliphatic rings. The first kappa shape index (κ1) is 16.9. The summed E-state index contributed by atoms with van der Waals surface area (Å²) in [7, 11) is 0. The highest BCUT2D eigenvalue weighted by molar-refractivity contribution is 5.84. The number of nitriles is 1. The predicted molar refractivity (Wildman–Crippen MR) is 93.5 cm³/mol. The molecule has 5 rings (SSSR count). The molecule has 0 aromatic heterocycles. The van der Waals surface area contributed by atoms with Crippen LogP contribution < -0.4 is 15.6 Å². The van der Waals surface area contributed by atoms with Crippen molar-refractivity contribution in [1.82, 2.24) is 10.9 Å². The van der Waals surface area contributed by atoms with E-state index < -0.39 is 5.91 Å². The number of hydrazine groups is 1. The van der Waals surface area contributed by atoms with E-state index in [0.717, 1.165) is 11.8 Å². The number of carbonyl (C=O) groups is 2. The van der Waals surface area contributed by atoms with Gasteiger partial charge < -0.3 is 4.74 Å². The molecule has 4 saturated carbocycles. The van der Waals surface area contributed by atoms with Gasteiger partial charge in [-0.05, 0) is 80.0 Å². The van der Waals surface area contributed by atoms with Gasteiger partial charge in [0, 0.05) is 5.92 Å². The maximum atomic E-state index is 12.6. The van der Waals surface area contributed by atoms with E-state index >= 15 is 0 Å². The Balaban J connectivity index is 1.24. The highest BCUT2D eigenvalue weighted by atomic mass is 16.5. The Morgan fingerprint density at radius 1 is 1.00 bits per heavy atom. The van der Waals surface area contributed by atoms with Crippen molar-refractivity contribution in [3.63, 3.8) is 0 Å². The summed E-state index contributed by atoms with van der Waals surface area (Å²) < 4.78 is 5.37. The van der Waals surface area contributed by atoms with Crippen molar-refractivity contribution in [2.45, 2.75) is 32.1 Å². The van der Waals surface area contributed by atoms with E-state index in [1.54, 1.807) is 24.3 Å². The first-order valence-electron chi connectivity index (χ1n) is 9.34. The van der Waals surface area contributed by atoms with Crippen LogP contribution in [0.2, 0.25) is 0 Å². The van der Waals surface area contributed by atoms with Crippen molar-refractivity contribution in [2.75, 3.05) is 6.61 Å². The summed E-state index contributed by atoms with van der Waals surface area (Å²) in [4.78, 5) is 24.5. The molecule has 4 bridgehead atoms. The Kier molecular flexibility index (Phi) is 4.54. The average molecular weight is 353 g/mol. The Morgan fingerprint density at radius 3 is 2.19 bits per heavy atom. The van der Waals surface area contributed by atoms with Gasteiger partial charge in [-0.25, -0.2) is 0 Å². The van der Waals surface area contributed by atoms with Gasteiger partial charge in [0.05, 0.1) is 11.6 Å². The van der Waals surface area contributed by atoms with E-state index in [4.69, 9.17) is 10.00 Å². The summed E-state index contributed by atoms with van der Waals surface area (Å²) in [5.41, 5.74) is 5.60. The second kappa shape index (κ2) is 6.99. The zero-order chi connectivity index (χ0) is 18.1. The molecule has 0 aliphatic heterocycles. The predicted octanol–water partition coefficient (Wildman–Crippen LogP) is 2.16. The van der Waals surface area contributed by atoms with Crippen LogP contribution in [0.1, 0.15) is 37.7 Å². The van der Waals surface area contributed by atoms with Crippen molar-refractivity contribution in [1.29, 1.82) is 5.26 Å². The topological polar surface area (TPSA) is 91.2 Å². The number of hydrogen-bond acceptors (Lipinski definition) is 4. The number of amides is 2. The molecule has 136 valence electrons. The van der Waals surface area contributed by atoms with Gasteiger partial charge in [0.1, 0.15) is 5.75 Å². The molecule has 6 nitrogen and oxygen atoms in total. The molecule has 6 heteroatoms. The summed E-state index contributed by atoms with van der Waals surface area (Å²) in [6.45, 7) is -0.187. The van der Waals surface area contributed by atoms with E-state index in [-0.39, 0.29) is 18.4 Å². The zero-order valence-corrected chi connectivity index (χ0v) is 14.6. The number of benzene rings is 1. The smallest absolute Gasteiger partial charge is 0.276 e. The minimum atomic E-state index is -0.397. The molecule has 0 atom stereocenters. The van der Waals surface area contributed by atoms with Crippen LogP contribution in [0, 0.1) is 40.9 Å². The molecule has 2 N–H and O–H groups in total. The highest BCUT2D eigenvalue weighted by Gasteiger charge is 2.50. The minimum Gasteiger partial charge on any atom is -0.484 e. The third kappa shape index (κ3) is 3.39. The van der Waals surface area contributed by atoms with Crippen LogP contribution in [-0.4, -0.2) is 18.4 Å². The van der Waals surface area contributed by atoms with Crippen molar-refractivity contribution in [2.24, 2.45) is 29.6 Å². The molecule has 0 radical (unpaired) electrons. The fourth-order valence-corrected chi connectivity index (χ4v) is 5.38. The molecule has 1 aromatic carbocycles. The number of rotatable bonds is 4. The van der Waals surface area contributed by atoms with Crippen LogP contribution >= 0.6 is 0 Å². The molecule has 0 unspecified atom stereocenters. The first-order chi connectivity index (χ1) is 12.6. The van der Waals surface area contributed by atoms with E-state index in [9.17, 15) is 9.59 Å². The lowest BCUT2D eigenvalue weighted by atomic mass is 9.52. The third-order valence-corrected chi connectivity index (χ3v) is 6.21. The summed E-state index contributed by atoms with van der Waals surface area (Å²) in [6.07, 6.45) is 6.02. The van der Waals surface area contributed by atoms with Crippen LogP contribution in [0.15, 0.2) is 24.3 Å². The second-order valence-electron chi connectivity index (χ2n) is 7.92. The van der Waals surface area contributed by atoms with Gasteiger partial charge in [-0.3, -0.25) is 20.4 Å². The zero-order valence-electron chi connectivity index (χ0n) is 14.6. The molecule has 26 heavy (non-hydrogen) atoms. The van der Waals surface area contributed by atoms with E-state index in [2.05, 4.69) is 10.9 Å². The Hall–Kier alpha value is -2.55. The lowest BCUT2D eigenvalue weighted by Gasteiger charge is -2.53. The van der Waals surface area contributed by atoms with Gasteiger partial charge >= 0.3 is 0 Å². The molecule has 2 amide bonds. The van der Waals surface area contributed by atoms with Gasteiger partial charge in [-0.2, -0.15) is 5.26 Å². The molecule has 0 spiro atoms. The van der Waals surface area contributed by atoms with Gasteiger partial charge in [0.2, 0.25) is 5.91 Å². The number of carbonyl (C=O) groups excluding carboxylic acids is 2. The van der Waals surface area contributed by atoms with Crippen LogP contribution in [0.4, 0.5) is 0 Å². The summed E-state index contributed by atoms with van der Waals surface area (Å²) in [6, 6.07) is 8.55. The van der Waals surface area contributed by atoms with Crippen LogP contribution in [0.25, 0.3) is 0 Å². The molecule has 0 saturated heterocycles. The van der Waals surface area contributed by atoms with E-state index in [1.165, 1.54) is 32.1 Å². The SMILES string of the molecule is N#Cc1ccc(OCC(=O)NNC(=O)C2C3CC4CC(C3)CC2C4)cc1. The summed E-state index contributed by atoms with van der Waals surface area (Å²) >= 11 is 0. The van der Waals surface area contributed by atoms with Crippen molar-refractivity contribution in [3.8, 4) is 11.8 Å². The number of hydrogen-bond donors (Lipinski definition) is 2. The Bertz CT molecular complexity index is 710. The fraction of sp³-hybridized carbons (Fsp3) is 0.550. The lowest BCUT2D eigenvalue weighted by Crippen LogP contribution is -2.54. The normalized spacial score (nSPS) is 31.1. The van der Waals surface area contributed by atoms with Crippen LogP contribution in [-0.2, 0) is 9.59 Å². The quantitative estimate of drug-likeness (QED) is 0.812.